The van der Waals surface area contributed by atoms with Gasteiger partial charge in [-0.25, -0.2) is 4.98 Å². The Morgan fingerprint density at radius 1 is 1.03 bits per heavy atom. The van der Waals surface area contributed by atoms with Crippen molar-refractivity contribution in [2.45, 2.75) is 32.9 Å². The minimum atomic E-state index is -0.496. The molecule has 1 aliphatic heterocycles. The van der Waals surface area contributed by atoms with Gasteiger partial charge in [-0.15, -0.1) is 11.3 Å². The van der Waals surface area contributed by atoms with Crippen LogP contribution >= 0.6 is 11.3 Å². The maximum Gasteiger partial charge on any atom is 0.245 e. The minimum absolute atomic E-state index is 0.0236. The number of nitrogens with one attached hydrogen (secondary N) is 2. The highest BCUT2D eigenvalue weighted by Gasteiger charge is 2.32. The number of benzene rings is 2. The molecule has 3 aromatic rings. The maximum absolute atomic E-state index is 13.2. The molecule has 1 aromatic heterocycles. The van der Waals surface area contributed by atoms with Gasteiger partial charge in [0.2, 0.25) is 11.8 Å². The van der Waals surface area contributed by atoms with Crippen molar-refractivity contribution in [1.29, 1.82) is 0 Å². The number of quaternary nitrogens is 1. The van der Waals surface area contributed by atoms with Gasteiger partial charge in [0.1, 0.15) is 23.3 Å². The van der Waals surface area contributed by atoms with E-state index in [4.69, 9.17) is 4.98 Å². The van der Waals surface area contributed by atoms with Crippen molar-refractivity contribution in [3.63, 3.8) is 0 Å². The SMILES string of the molecule is CC(C)C(NC(=O)Cc1ccccc1)C(=O)N1CC[NH+](Cc2csc(-c3ccccc3)n2)CC1. The molecular weight excluding hydrogens is 444 g/mol. The van der Waals surface area contributed by atoms with Crippen molar-refractivity contribution in [3.8, 4) is 10.6 Å². The molecule has 0 spiro atoms. The quantitative estimate of drug-likeness (QED) is 0.524. The van der Waals surface area contributed by atoms with Gasteiger partial charge in [-0.1, -0.05) is 74.5 Å². The second-order valence-electron chi connectivity index (χ2n) is 9.21. The van der Waals surface area contributed by atoms with Crippen LogP contribution in [0.2, 0.25) is 0 Å². The van der Waals surface area contributed by atoms with Crippen molar-refractivity contribution in [2.75, 3.05) is 26.2 Å². The van der Waals surface area contributed by atoms with Crippen LogP contribution in [0.15, 0.2) is 66.0 Å². The molecule has 2 amide bonds. The lowest BCUT2D eigenvalue weighted by Gasteiger charge is -2.35. The molecule has 1 saturated heterocycles. The Morgan fingerprint density at radius 3 is 2.32 bits per heavy atom. The smallest absolute Gasteiger partial charge is 0.245 e. The van der Waals surface area contributed by atoms with E-state index in [1.54, 1.807) is 11.3 Å². The van der Waals surface area contributed by atoms with E-state index in [-0.39, 0.29) is 24.2 Å². The molecular formula is C27H33N4O2S+. The number of carbonyl (C=O) groups excluding carboxylic acids is 2. The Balaban J connectivity index is 1.28. The summed E-state index contributed by atoms with van der Waals surface area (Å²) in [4.78, 5) is 34.0. The zero-order valence-corrected chi connectivity index (χ0v) is 20.7. The summed E-state index contributed by atoms with van der Waals surface area (Å²) in [6, 6.07) is 19.4. The average molecular weight is 478 g/mol. The van der Waals surface area contributed by atoms with Gasteiger partial charge in [0.15, 0.2) is 0 Å². The maximum atomic E-state index is 13.2. The molecule has 2 aromatic carbocycles. The van der Waals surface area contributed by atoms with Crippen LogP contribution in [-0.2, 0) is 22.6 Å². The summed E-state index contributed by atoms with van der Waals surface area (Å²) in [6.45, 7) is 7.99. The summed E-state index contributed by atoms with van der Waals surface area (Å²) >= 11 is 1.68. The number of carbonyl (C=O) groups is 2. The molecule has 2 N–H and O–H groups in total. The summed E-state index contributed by atoms with van der Waals surface area (Å²) in [5, 5.41) is 6.18. The lowest BCUT2D eigenvalue weighted by Crippen LogP contribution is -3.13. The number of piperazine rings is 1. The van der Waals surface area contributed by atoms with E-state index in [1.807, 2.05) is 67.3 Å². The fraction of sp³-hybridized carbons (Fsp3) is 0.370. The van der Waals surface area contributed by atoms with Crippen LogP contribution in [0, 0.1) is 5.92 Å². The van der Waals surface area contributed by atoms with Gasteiger partial charge < -0.3 is 15.1 Å². The Morgan fingerprint density at radius 2 is 1.68 bits per heavy atom. The zero-order valence-electron chi connectivity index (χ0n) is 19.9. The molecule has 1 atom stereocenters. The van der Waals surface area contributed by atoms with Crippen LogP contribution in [0.1, 0.15) is 25.1 Å². The summed E-state index contributed by atoms with van der Waals surface area (Å²) in [6.07, 6.45) is 0.286. The van der Waals surface area contributed by atoms with Crippen molar-refractivity contribution >= 4 is 23.2 Å². The fourth-order valence-corrected chi connectivity index (χ4v) is 5.12. The van der Waals surface area contributed by atoms with Gasteiger partial charge in [0.05, 0.1) is 32.6 Å². The third kappa shape index (κ3) is 6.30. The number of hydrogen-bond donors (Lipinski definition) is 2. The van der Waals surface area contributed by atoms with Gasteiger partial charge in [-0.2, -0.15) is 0 Å². The van der Waals surface area contributed by atoms with Crippen LogP contribution < -0.4 is 10.2 Å². The van der Waals surface area contributed by atoms with Crippen LogP contribution in [0.25, 0.3) is 10.6 Å². The van der Waals surface area contributed by atoms with Crippen molar-refractivity contribution in [2.24, 2.45) is 5.92 Å². The first-order chi connectivity index (χ1) is 16.5. The Labute approximate surface area is 205 Å². The van der Waals surface area contributed by atoms with E-state index >= 15 is 0 Å². The molecule has 1 fully saturated rings. The predicted octanol–water partition coefficient (Wildman–Crippen LogP) is 2.42. The van der Waals surface area contributed by atoms with Crippen LogP contribution in [-0.4, -0.2) is 53.9 Å². The van der Waals surface area contributed by atoms with Crippen molar-refractivity contribution < 1.29 is 14.5 Å². The molecule has 0 aliphatic carbocycles. The molecule has 1 aliphatic rings. The highest BCUT2D eigenvalue weighted by atomic mass is 32.1. The molecule has 1 unspecified atom stereocenters. The molecule has 0 radical (unpaired) electrons. The summed E-state index contributed by atoms with van der Waals surface area (Å²) in [7, 11) is 0. The van der Waals surface area contributed by atoms with E-state index in [0.717, 1.165) is 41.5 Å². The molecule has 178 valence electrons. The highest BCUT2D eigenvalue weighted by Crippen LogP contribution is 2.22. The van der Waals surface area contributed by atoms with Crippen LogP contribution in [0.3, 0.4) is 0 Å². The Hall–Kier alpha value is -3.03. The third-order valence-corrected chi connectivity index (χ3v) is 7.18. The highest BCUT2D eigenvalue weighted by molar-refractivity contribution is 7.13. The topological polar surface area (TPSA) is 66.7 Å². The van der Waals surface area contributed by atoms with Crippen molar-refractivity contribution in [1.82, 2.24) is 15.2 Å². The molecule has 0 saturated carbocycles. The number of amides is 2. The first-order valence-electron chi connectivity index (χ1n) is 11.9. The van der Waals surface area contributed by atoms with Crippen LogP contribution in [0.5, 0.6) is 0 Å². The number of aromatic nitrogens is 1. The normalized spacial score (nSPS) is 15.3. The second-order valence-corrected chi connectivity index (χ2v) is 10.1. The second kappa shape index (κ2) is 11.4. The molecule has 34 heavy (non-hydrogen) atoms. The molecule has 6 nitrogen and oxygen atoms in total. The molecule has 2 heterocycles. The van der Waals surface area contributed by atoms with Crippen molar-refractivity contribution in [3.05, 3.63) is 77.3 Å². The van der Waals surface area contributed by atoms with Gasteiger partial charge in [0, 0.05) is 10.9 Å². The van der Waals surface area contributed by atoms with Gasteiger partial charge in [0.25, 0.3) is 0 Å². The fourth-order valence-electron chi connectivity index (χ4n) is 4.29. The number of nitrogens with zero attached hydrogens (tertiary/aromatic N) is 2. The lowest BCUT2D eigenvalue weighted by molar-refractivity contribution is -0.917. The van der Waals surface area contributed by atoms with E-state index in [0.29, 0.717) is 13.1 Å². The first-order valence-corrected chi connectivity index (χ1v) is 12.8. The first kappa shape index (κ1) is 24.1. The number of thiazole rings is 1. The van der Waals surface area contributed by atoms with Gasteiger partial charge >= 0.3 is 0 Å². The minimum Gasteiger partial charge on any atom is -0.344 e. The summed E-state index contributed by atoms with van der Waals surface area (Å²) < 4.78 is 0. The zero-order chi connectivity index (χ0) is 23.9. The van der Waals surface area contributed by atoms with E-state index in [2.05, 4.69) is 22.8 Å². The number of hydrogen-bond acceptors (Lipinski definition) is 4. The van der Waals surface area contributed by atoms with E-state index < -0.39 is 6.04 Å². The van der Waals surface area contributed by atoms with E-state index in [9.17, 15) is 9.59 Å². The predicted molar refractivity (Wildman–Crippen MR) is 135 cm³/mol. The monoisotopic (exact) mass is 477 g/mol. The lowest BCUT2D eigenvalue weighted by atomic mass is 10.0. The Kier molecular flexibility index (Phi) is 8.08. The van der Waals surface area contributed by atoms with Gasteiger partial charge in [-0.3, -0.25) is 9.59 Å². The number of rotatable bonds is 8. The van der Waals surface area contributed by atoms with E-state index in [1.165, 1.54) is 4.90 Å². The summed E-state index contributed by atoms with van der Waals surface area (Å²) in [5.41, 5.74) is 3.20. The molecule has 0 bridgehead atoms. The van der Waals surface area contributed by atoms with Crippen LogP contribution in [0.4, 0.5) is 0 Å². The molecule has 4 rings (SSSR count). The average Bonchev–Trinajstić information content (AvgIpc) is 3.32. The Bertz CT molecular complexity index is 1080. The largest absolute Gasteiger partial charge is 0.344 e. The van der Waals surface area contributed by atoms with Gasteiger partial charge in [-0.05, 0) is 11.5 Å². The standard InChI is InChI=1S/C27H32N4O2S/c1-20(2)25(29-24(32)17-21-9-5-3-6-10-21)27(33)31-15-13-30(14-16-31)18-23-19-34-26(28-23)22-11-7-4-8-12-22/h3-12,19-20,25H,13-18H2,1-2H3,(H,29,32)/p+1. The third-order valence-electron chi connectivity index (χ3n) is 6.24. The molecule has 7 heteroatoms. The summed E-state index contributed by atoms with van der Waals surface area (Å²) in [5.74, 6) is -0.0558.